The minimum absolute atomic E-state index is 0.00655. The fourth-order valence-electron chi connectivity index (χ4n) is 6.88. The van der Waals surface area contributed by atoms with Crippen LogP contribution in [0.2, 0.25) is 0 Å². The smallest absolute Gasteiger partial charge is 0.336 e. The molecule has 0 aromatic heterocycles. The number of halogens is 2. The number of fused-ring (bicyclic) bond motifs is 5. The first kappa shape index (κ1) is 16.7. The van der Waals surface area contributed by atoms with Gasteiger partial charge in [-0.05, 0) is 68.1 Å². The Kier molecular flexibility index (Phi) is 3.56. The van der Waals surface area contributed by atoms with Gasteiger partial charge in [-0.2, -0.15) is 8.78 Å². The maximum atomic E-state index is 14.2. The number of allylic oxidation sites excluding steroid dienone is 2. The fourth-order valence-corrected chi connectivity index (χ4v) is 6.88. The molecule has 3 fully saturated rings. The number of rotatable bonds is 1. The number of hydrogen-bond donors (Lipinski definition) is 1. The van der Waals surface area contributed by atoms with Crippen LogP contribution in [0.15, 0.2) is 11.6 Å². The number of ketones is 1. The Balaban J connectivity index is 1.81. The van der Waals surface area contributed by atoms with E-state index in [1.807, 2.05) is 6.92 Å². The summed E-state index contributed by atoms with van der Waals surface area (Å²) in [6.07, 6.45) is 4.83. The molecule has 0 radical (unpaired) electrons. The van der Waals surface area contributed by atoms with E-state index in [-0.39, 0.29) is 29.0 Å². The first-order valence-electron chi connectivity index (χ1n) is 9.51. The maximum Gasteiger partial charge on any atom is 0.356 e. The van der Waals surface area contributed by atoms with E-state index in [2.05, 4.69) is 13.0 Å². The molecule has 134 valence electrons. The van der Waals surface area contributed by atoms with Gasteiger partial charge in [0, 0.05) is 11.8 Å². The van der Waals surface area contributed by atoms with Gasteiger partial charge < -0.3 is 5.11 Å². The predicted molar refractivity (Wildman–Crippen MR) is 87.4 cm³/mol. The van der Waals surface area contributed by atoms with E-state index in [0.717, 1.165) is 44.1 Å². The standard InChI is InChI=1S/C20H28F2O2/c1-18-9-4-3-5-12(18)11-15(20(21,22)24)17-13-6-7-16(23)19(13,2)10-8-14(17)18/h5,13-15,17,24H,3-4,6-11H2,1-2H3/t13-,14-,15-,17-,18-,19-/m0/s1. The van der Waals surface area contributed by atoms with Crippen molar-refractivity contribution in [2.45, 2.75) is 71.3 Å². The molecule has 4 rings (SSSR count). The average molecular weight is 338 g/mol. The van der Waals surface area contributed by atoms with Crippen LogP contribution in [-0.4, -0.2) is 17.0 Å². The summed E-state index contributed by atoms with van der Waals surface area (Å²) in [7, 11) is 0. The SMILES string of the molecule is C[C@]12CCCC=C1C[C@H](C(O)(F)F)[C@@H]1[C@@H]2CC[C@]2(C)C(=O)CC[C@@H]12. The Bertz CT molecular complexity index is 593. The molecule has 0 aliphatic heterocycles. The molecule has 0 saturated heterocycles. The van der Waals surface area contributed by atoms with Crippen molar-refractivity contribution in [3.8, 4) is 0 Å². The molecule has 0 heterocycles. The number of hydrogen-bond acceptors (Lipinski definition) is 2. The molecular formula is C20H28F2O2. The average Bonchev–Trinajstić information content (AvgIpc) is 2.81. The molecule has 0 spiro atoms. The molecule has 0 aromatic rings. The summed E-state index contributed by atoms with van der Waals surface area (Å²) in [5.74, 6) is -0.844. The third-order valence-corrected chi connectivity index (χ3v) is 8.24. The summed E-state index contributed by atoms with van der Waals surface area (Å²) >= 11 is 0. The molecule has 24 heavy (non-hydrogen) atoms. The van der Waals surface area contributed by atoms with Gasteiger partial charge in [0.25, 0.3) is 0 Å². The summed E-state index contributed by atoms with van der Waals surface area (Å²) in [4.78, 5) is 12.5. The highest BCUT2D eigenvalue weighted by atomic mass is 19.3. The minimum Gasteiger partial charge on any atom is -0.336 e. The molecule has 1 N–H and O–H groups in total. The van der Waals surface area contributed by atoms with E-state index < -0.39 is 17.4 Å². The zero-order chi connectivity index (χ0) is 17.3. The summed E-state index contributed by atoms with van der Waals surface area (Å²) in [6.45, 7) is 4.24. The highest BCUT2D eigenvalue weighted by molar-refractivity contribution is 5.87. The van der Waals surface area contributed by atoms with Crippen molar-refractivity contribution in [2.75, 3.05) is 0 Å². The third-order valence-electron chi connectivity index (χ3n) is 8.24. The second-order valence-corrected chi connectivity index (χ2v) is 9.15. The van der Waals surface area contributed by atoms with Crippen molar-refractivity contribution in [2.24, 2.45) is 34.5 Å². The van der Waals surface area contributed by atoms with E-state index in [4.69, 9.17) is 0 Å². The first-order valence-corrected chi connectivity index (χ1v) is 9.51. The predicted octanol–water partition coefficient (Wildman–Crippen LogP) is 4.72. The van der Waals surface area contributed by atoms with Crippen molar-refractivity contribution >= 4 is 5.78 Å². The van der Waals surface area contributed by atoms with Gasteiger partial charge in [-0.15, -0.1) is 0 Å². The molecule has 0 aromatic carbocycles. The Morgan fingerprint density at radius 2 is 1.88 bits per heavy atom. The van der Waals surface area contributed by atoms with E-state index in [0.29, 0.717) is 12.8 Å². The third kappa shape index (κ3) is 2.11. The van der Waals surface area contributed by atoms with Crippen LogP contribution in [0.1, 0.15) is 65.2 Å². The first-order chi connectivity index (χ1) is 11.2. The molecule has 0 bridgehead atoms. The number of carbonyl (C=O) groups excluding carboxylic acids is 1. The molecule has 0 unspecified atom stereocenters. The van der Waals surface area contributed by atoms with E-state index in [1.165, 1.54) is 0 Å². The molecule has 2 nitrogen and oxygen atoms in total. The highest BCUT2D eigenvalue weighted by Crippen LogP contribution is 2.67. The number of aliphatic hydroxyl groups is 1. The van der Waals surface area contributed by atoms with Gasteiger partial charge in [0.2, 0.25) is 0 Å². The fraction of sp³-hybridized carbons (Fsp3) is 0.850. The Hall–Kier alpha value is -0.770. The van der Waals surface area contributed by atoms with Gasteiger partial charge in [-0.3, -0.25) is 4.79 Å². The lowest BCUT2D eigenvalue weighted by Crippen LogP contribution is -2.56. The Morgan fingerprint density at radius 3 is 2.58 bits per heavy atom. The van der Waals surface area contributed by atoms with Crippen LogP contribution in [0.4, 0.5) is 8.78 Å². The van der Waals surface area contributed by atoms with Gasteiger partial charge in [0.15, 0.2) is 0 Å². The van der Waals surface area contributed by atoms with Crippen LogP contribution in [0.5, 0.6) is 0 Å². The summed E-state index contributed by atoms with van der Waals surface area (Å²) < 4.78 is 28.4. The zero-order valence-electron chi connectivity index (χ0n) is 14.7. The largest absolute Gasteiger partial charge is 0.356 e. The quantitative estimate of drug-likeness (QED) is 0.703. The number of carbonyl (C=O) groups is 1. The lowest BCUT2D eigenvalue weighted by atomic mass is 9.45. The molecule has 3 saturated carbocycles. The molecule has 6 atom stereocenters. The van der Waals surface area contributed by atoms with Gasteiger partial charge >= 0.3 is 6.11 Å². The summed E-state index contributed by atoms with van der Waals surface area (Å²) in [5.41, 5.74) is 0.677. The van der Waals surface area contributed by atoms with Crippen LogP contribution in [0, 0.1) is 34.5 Å². The summed E-state index contributed by atoms with van der Waals surface area (Å²) in [5, 5.41) is 9.68. The molecule has 0 amide bonds. The zero-order valence-corrected chi connectivity index (χ0v) is 14.7. The van der Waals surface area contributed by atoms with Gasteiger partial charge in [-0.25, -0.2) is 0 Å². The van der Waals surface area contributed by atoms with E-state index >= 15 is 0 Å². The number of Topliss-reactive ketones (excluding diaryl/α,β-unsaturated/α-hetero) is 1. The van der Waals surface area contributed by atoms with E-state index in [9.17, 15) is 18.7 Å². The van der Waals surface area contributed by atoms with Gasteiger partial charge in [0.05, 0.1) is 5.92 Å². The van der Waals surface area contributed by atoms with Gasteiger partial charge in [-0.1, -0.05) is 25.5 Å². The molecule has 4 aliphatic carbocycles. The van der Waals surface area contributed by atoms with Gasteiger partial charge in [0.1, 0.15) is 5.78 Å². The van der Waals surface area contributed by atoms with Crippen molar-refractivity contribution in [3.63, 3.8) is 0 Å². The molecular weight excluding hydrogens is 310 g/mol. The monoisotopic (exact) mass is 338 g/mol. The second kappa shape index (κ2) is 5.12. The lowest BCUT2D eigenvalue weighted by molar-refractivity contribution is -0.272. The van der Waals surface area contributed by atoms with Crippen LogP contribution in [0.3, 0.4) is 0 Å². The topological polar surface area (TPSA) is 37.3 Å². The molecule has 4 aliphatic rings. The van der Waals surface area contributed by atoms with Crippen LogP contribution >= 0.6 is 0 Å². The Morgan fingerprint density at radius 1 is 1.17 bits per heavy atom. The van der Waals surface area contributed by atoms with Crippen LogP contribution < -0.4 is 0 Å². The highest BCUT2D eigenvalue weighted by Gasteiger charge is 2.64. The Labute approximate surface area is 142 Å². The van der Waals surface area contributed by atoms with Crippen molar-refractivity contribution in [1.82, 2.24) is 0 Å². The van der Waals surface area contributed by atoms with Crippen molar-refractivity contribution < 1.29 is 18.7 Å². The normalized spacial score (nSPS) is 48.4. The number of alkyl halides is 2. The molecule has 4 heteroatoms. The van der Waals surface area contributed by atoms with Crippen molar-refractivity contribution in [3.05, 3.63) is 11.6 Å². The minimum atomic E-state index is -3.66. The second-order valence-electron chi connectivity index (χ2n) is 9.15. The van der Waals surface area contributed by atoms with Crippen molar-refractivity contribution in [1.29, 1.82) is 0 Å². The lowest BCUT2D eigenvalue weighted by Gasteiger charge is -2.59. The summed E-state index contributed by atoms with van der Waals surface area (Å²) in [6, 6.07) is 0. The maximum absolute atomic E-state index is 14.2. The van der Waals surface area contributed by atoms with Crippen LogP contribution in [-0.2, 0) is 4.79 Å². The van der Waals surface area contributed by atoms with E-state index in [1.54, 1.807) is 0 Å². The van der Waals surface area contributed by atoms with Crippen LogP contribution in [0.25, 0.3) is 0 Å².